The summed E-state index contributed by atoms with van der Waals surface area (Å²) in [5.41, 5.74) is 7.31. The van der Waals surface area contributed by atoms with Gasteiger partial charge in [-0.2, -0.15) is 0 Å². The highest BCUT2D eigenvalue weighted by Crippen LogP contribution is 2.38. The molecule has 0 spiro atoms. The monoisotopic (exact) mass is 278 g/mol. The van der Waals surface area contributed by atoms with Crippen molar-refractivity contribution in [2.24, 2.45) is 5.92 Å². The van der Waals surface area contributed by atoms with Crippen molar-refractivity contribution in [1.29, 1.82) is 0 Å². The van der Waals surface area contributed by atoms with Crippen molar-refractivity contribution in [2.75, 3.05) is 12.8 Å². The molecule has 1 amide bonds. The normalized spacial score (nSPS) is 23.1. The fraction of sp³-hybridized carbons (Fsp3) is 0.533. The Bertz CT molecular complexity index is 461. The van der Waals surface area contributed by atoms with E-state index < -0.39 is 0 Å². The van der Waals surface area contributed by atoms with E-state index >= 15 is 0 Å². The molecule has 104 valence electrons. The van der Waals surface area contributed by atoms with Crippen molar-refractivity contribution in [3.63, 3.8) is 0 Å². The van der Waals surface area contributed by atoms with Gasteiger partial charge in [0.25, 0.3) is 5.91 Å². The second-order valence-corrected chi connectivity index (χ2v) is 6.69. The zero-order valence-corrected chi connectivity index (χ0v) is 12.4. The van der Waals surface area contributed by atoms with Gasteiger partial charge in [0.15, 0.2) is 0 Å². The molecule has 2 atom stereocenters. The summed E-state index contributed by atoms with van der Waals surface area (Å²) >= 11 is 1.81. The molecule has 1 saturated carbocycles. The number of anilines is 1. The highest BCUT2D eigenvalue weighted by Gasteiger charge is 2.22. The summed E-state index contributed by atoms with van der Waals surface area (Å²) in [4.78, 5) is 12.9. The van der Waals surface area contributed by atoms with Gasteiger partial charge in [-0.15, -0.1) is 11.8 Å². The van der Waals surface area contributed by atoms with Crippen LogP contribution in [0.5, 0.6) is 0 Å². The molecule has 0 heterocycles. The lowest BCUT2D eigenvalue weighted by Gasteiger charge is -2.26. The van der Waals surface area contributed by atoms with E-state index in [2.05, 4.69) is 12.2 Å². The summed E-state index contributed by atoms with van der Waals surface area (Å²) in [6.07, 6.45) is 5.08. The van der Waals surface area contributed by atoms with Gasteiger partial charge in [-0.05, 0) is 37.0 Å². The van der Waals surface area contributed by atoms with Gasteiger partial charge in [0, 0.05) is 22.9 Å². The molecule has 3 nitrogen and oxygen atoms in total. The van der Waals surface area contributed by atoms with Crippen LogP contribution in [0.4, 0.5) is 5.69 Å². The van der Waals surface area contributed by atoms with Gasteiger partial charge in [0.2, 0.25) is 0 Å². The molecule has 4 heteroatoms. The van der Waals surface area contributed by atoms with Crippen LogP contribution in [-0.4, -0.2) is 18.2 Å². The molecule has 0 aliphatic heterocycles. The van der Waals surface area contributed by atoms with Gasteiger partial charge in [0.1, 0.15) is 0 Å². The number of hydrogen-bond donors (Lipinski definition) is 2. The predicted octanol–water partition coefficient (Wildman–Crippen LogP) is 3.30. The number of nitrogen functional groups attached to an aromatic ring is 1. The molecule has 0 radical (unpaired) electrons. The molecule has 3 N–H and O–H groups in total. The number of nitrogens with one attached hydrogen (secondary N) is 1. The van der Waals surface area contributed by atoms with Crippen molar-refractivity contribution in [3.8, 4) is 0 Å². The van der Waals surface area contributed by atoms with E-state index in [0.29, 0.717) is 5.25 Å². The molecule has 0 bridgehead atoms. The van der Waals surface area contributed by atoms with Crippen LogP contribution >= 0.6 is 11.8 Å². The largest absolute Gasteiger partial charge is 0.399 e. The average Bonchev–Trinajstić information content (AvgIpc) is 2.38. The quantitative estimate of drug-likeness (QED) is 0.834. The summed E-state index contributed by atoms with van der Waals surface area (Å²) in [7, 11) is 1.66. The van der Waals surface area contributed by atoms with E-state index in [1.807, 2.05) is 23.9 Å². The minimum absolute atomic E-state index is 0.0358. The number of amides is 1. The Morgan fingerprint density at radius 2 is 2.21 bits per heavy atom. The van der Waals surface area contributed by atoms with Gasteiger partial charge in [0.05, 0.1) is 5.56 Å². The van der Waals surface area contributed by atoms with Gasteiger partial charge in [-0.25, -0.2) is 0 Å². The first-order valence-electron chi connectivity index (χ1n) is 6.88. The number of hydrogen-bond acceptors (Lipinski definition) is 3. The fourth-order valence-electron chi connectivity index (χ4n) is 2.62. The standard InChI is InChI=1S/C15H22N2OS/c1-10-4-3-5-12(8-10)19-14-9-11(16)6-7-13(14)15(18)17-2/h6-7,9-10,12H,3-5,8,16H2,1-2H3,(H,17,18). The SMILES string of the molecule is CNC(=O)c1ccc(N)cc1SC1CCCC(C)C1. The second kappa shape index (κ2) is 6.33. The molecule has 2 unspecified atom stereocenters. The molecular weight excluding hydrogens is 256 g/mol. The summed E-state index contributed by atoms with van der Waals surface area (Å²) in [6.45, 7) is 2.31. The van der Waals surface area contributed by atoms with Crippen LogP contribution in [-0.2, 0) is 0 Å². The van der Waals surface area contributed by atoms with Crippen LogP contribution in [0.1, 0.15) is 43.0 Å². The first-order chi connectivity index (χ1) is 9.10. The zero-order chi connectivity index (χ0) is 13.8. The predicted molar refractivity (Wildman–Crippen MR) is 81.5 cm³/mol. The zero-order valence-electron chi connectivity index (χ0n) is 11.6. The van der Waals surface area contributed by atoms with Crippen molar-refractivity contribution in [2.45, 2.75) is 42.8 Å². The van der Waals surface area contributed by atoms with Gasteiger partial charge in [-0.3, -0.25) is 4.79 Å². The topological polar surface area (TPSA) is 55.1 Å². The van der Waals surface area contributed by atoms with Crippen LogP contribution in [0.2, 0.25) is 0 Å². The Morgan fingerprint density at radius 1 is 1.42 bits per heavy atom. The van der Waals surface area contributed by atoms with E-state index in [9.17, 15) is 4.79 Å². The van der Waals surface area contributed by atoms with Gasteiger partial charge in [-0.1, -0.05) is 19.8 Å². The Kier molecular flexibility index (Phi) is 4.75. The molecule has 1 aliphatic carbocycles. The maximum absolute atomic E-state index is 11.9. The van der Waals surface area contributed by atoms with Crippen molar-refractivity contribution < 1.29 is 4.79 Å². The molecule has 1 fully saturated rings. The molecule has 1 aromatic carbocycles. The van der Waals surface area contributed by atoms with E-state index in [1.54, 1.807) is 13.1 Å². The first-order valence-corrected chi connectivity index (χ1v) is 7.76. The molecule has 1 aliphatic rings. The lowest BCUT2D eigenvalue weighted by atomic mass is 9.91. The van der Waals surface area contributed by atoms with Crippen LogP contribution in [0.15, 0.2) is 23.1 Å². The number of carbonyl (C=O) groups is 1. The van der Waals surface area contributed by atoms with Crippen molar-refractivity contribution in [3.05, 3.63) is 23.8 Å². The first kappa shape index (κ1) is 14.3. The highest BCUT2D eigenvalue weighted by molar-refractivity contribution is 8.00. The fourth-order valence-corrected chi connectivity index (χ4v) is 4.18. The molecule has 1 aromatic rings. The number of thioether (sulfide) groups is 1. The van der Waals surface area contributed by atoms with Crippen molar-refractivity contribution >= 4 is 23.4 Å². The number of carbonyl (C=O) groups excluding carboxylic acids is 1. The molecule has 2 rings (SSSR count). The second-order valence-electron chi connectivity index (χ2n) is 5.35. The van der Waals surface area contributed by atoms with Crippen molar-refractivity contribution in [1.82, 2.24) is 5.32 Å². The molecular formula is C15H22N2OS. The third-order valence-electron chi connectivity index (χ3n) is 3.66. The Balaban J connectivity index is 2.18. The maximum atomic E-state index is 11.9. The number of benzene rings is 1. The Hall–Kier alpha value is -1.16. The average molecular weight is 278 g/mol. The summed E-state index contributed by atoms with van der Waals surface area (Å²) < 4.78 is 0. The molecule has 0 aromatic heterocycles. The van der Waals surface area contributed by atoms with Crippen LogP contribution in [0.3, 0.4) is 0 Å². The summed E-state index contributed by atoms with van der Waals surface area (Å²) in [6, 6.07) is 5.54. The summed E-state index contributed by atoms with van der Waals surface area (Å²) in [5.74, 6) is 0.752. The Morgan fingerprint density at radius 3 is 2.89 bits per heavy atom. The van der Waals surface area contributed by atoms with Crippen LogP contribution in [0.25, 0.3) is 0 Å². The third-order valence-corrected chi connectivity index (χ3v) is 5.01. The lowest BCUT2D eigenvalue weighted by Crippen LogP contribution is -2.20. The minimum atomic E-state index is -0.0358. The van der Waals surface area contributed by atoms with Crippen LogP contribution < -0.4 is 11.1 Å². The number of rotatable bonds is 3. The maximum Gasteiger partial charge on any atom is 0.252 e. The van der Waals surface area contributed by atoms with E-state index in [0.717, 1.165) is 22.1 Å². The number of nitrogens with two attached hydrogens (primary N) is 1. The van der Waals surface area contributed by atoms with Gasteiger partial charge >= 0.3 is 0 Å². The van der Waals surface area contributed by atoms with Gasteiger partial charge < -0.3 is 11.1 Å². The van der Waals surface area contributed by atoms with E-state index in [4.69, 9.17) is 5.73 Å². The van der Waals surface area contributed by atoms with Crippen LogP contribution in [0, 0.1) is 5.92 Å². The highest BCUT2D eigenvalue weighted by atomic mass is 32.2. The third kappa shape index (κ3) is 3.66. The summed E-state index contributed by atoms with van der Waals surface area (Å²) in [5, 5.41) is 3.30. The van der Waals surface area contributed by atoms with E-state index in [-0.39, 0.29) is 5.91 Å². The Labute approximate surface area is 119 Å². The van der Waals surface area contributed by atoms with E-state index in [1.165, 1.54) is 25.7 Å². The molecule has 0 saturated heterocycles. The minimum Gasteiger partial charge on any atom is -0.399 e. The smallest absolute Gasteiger partial charge is 0.252 e. The molecule has 19 heavy (non-hydrogen) atoms. The lowest BCUT2D eigenvalue weighted by molar-refractivity contribution is 0.0960.